The highest BCUT2D eigenvalue weighted by atomic mass is 32.7. The second-order valence-corrected chi connectivity index (χ2v) is 18.8. The maximum atomic E-state index is 16.5. The van der Waals surface area contributed by atoms with Gasteiger partial charge >= 0.3 is 26.3 Å². The SMILES string of the molecule is CO[C@H]1[C@H]2O[P@](=O)(SCc3ccc(OC(=O)c4ccc(O)cc4)cc3)OC[C@H]3O[C@@H](n4cnc5c(N)ncnc54)[C@H](OP(=O)(O)OC[C@H]1O[C@H]2n1ccc(=O)[nH]c1=O)[C@@H]3F. The molecule has 60 heavy (non-hydrogen) atoms. The van der Waals surface area contributed by atoms with Gasteiger partial charge in [0, 0.05) is 25.1 Å². The molecule has 0 saturated carbocycles. The molecule has 8 rings (SSSR count). The number of alkyl halides is 1. The Morgan fingerprint density at radius 2 is 1.68 bits per heavy atom. The van der Waals surface area contributed by atoms with Crippen LogP contribution in [0.25, 0.3) is 11.2 Å². The molecule has 6 heterocycles. The van der Waals surface area contributed by atoms with Crippen LogP contribution in [0.2, 0.25) is 0 Å². The number of esters is 1. The fraction of sp³-hybridized carbons (Fsp3) is 0.353. The first-order valence-electron chi connectivity index (χ1n) is 17.8. The number of phenolic OH excluding ortho intramolecular Hbond substituents is 1. The number of ether oxygens (including phenoxy) is 4. The highest BCUT2D eigenvalue weighted by molar-refractivity contribution is 8.54. The van der Waals surface area contributed by atoms with Gasteiger partial charge in [-0.05, 0) is 53.3 Å². The molecule has 5 N–H and O–H groups in total. The number of phosphoric acid groups is 1. The number of nitrogens with zero attached hydrogens (tertiary/aromatic N) is 5. The molecular formula is C34H34FN7O15P2S. The van der Waals surface area contributed by atoms with Crippen molar-refractivity contribution in [1.29, 1.82) is 0 Å². The number of aromatic amines is 1. The Balaban J connectivity index is 1.10. The zero-order valence-electron chi connectivity index (χ0n) is 30.9. The summed E-state index contributed by atoms with van der Waals surface area (Å²) in [6.45, 7) is -6.10. The molecule has 3 fully saturated rings. The molecule has 26 heteroatoms. The number of benzene rings is 2. The molecule has 22 nitrogen and oxygen atoms in total. The summed E-state index contributed by atoms with van der Waals surface area (Å²) in [5.74, 6) is -0.598. The normalized spacial score (nSPS) is 30.9. The number of H-pyrrole nitrogens is 1. The predicted molar refractivity (Wildman–Crippen MR) is 204 cm³/mol. The molecule has 0 aliphatic carbocycles. The first-order valence-corrected chi connectivity index (χ1v) is 22.4. The van der Waals surface area contributed by atoms with Crippen LogP contribution in [0.1, 0.15) is 28.4 Å². The number of phenols is 1. The van der Waals surface area contributed by atoms with E-state index < -0.39 is 94.2 Å². The largest absolute Gasteiger partial charge is 0.508 e. The van der Waals surface area contributed by atoms with Crippen molar-refractivity contribution in [3.63, 3.8) is 0 Å². The second kappa shape index (κ2) is 16.9. The standard InChI is InChI=1S/C34H34FN7O15P2S/c1-50-26-22-13-51-58(47,48)56-27-24(35)21(54-31(27)42-16-39-25-29(36)37-15-38-30(25)42)12-52-59(49,57-28(26)32(55-22)41-11-10-23(44)40-34(41)46)60-14-17-2-8-20(9-3-17)53-33(45)18-4-6-19(43)7-5-18/h2-11,15-16,21-22,24,26-28,31-32,43H,12-14H2,1H3,(H,47,48)(H2,36,37,38)(H,40,44,46)/t21-,22-,24-,26-,27-,28-,31-,32-,59-/m1/s1. The number of halogens is 1. The van der Waals surface area contributed by atoms with Gasteiger partial charge in [0.05, 0.1) is 25.1 Å². The average molecular weight is 894 g/mol. The third kappa shape index (κ3) is 8.67. The fourth-order valence-corrected chi connectivity index (χ4v) is 10.9. The number of carbonyl (C=O) groups is 1. The summed E-state index contributed by atoms with van der Waals surface area (Å²) in [5, 5.41) is 9.52. The zero-order valence-corrected chi connectivity index (χ0v) is 33.5. The summed E-state index contributed by atoms with van der Waals surface area (Å²) in [4.78, 5) is 62.7. The minimum absolute atomic E-state index is 0.00882. The van der Waals surface area contributed by atoms with Crippen molar-refractivity contribution >= 4 is 49.0 Å². The summed E-state index contributed by atoms with van der Waals surface area (Å²) in [5.41, 5.74) is 5.20. The Morgan fingerprint density at radius 3 is 2.42 bits per heavy atom. The van der Waals surface area contributed by atoms with Gasteiger partial charge in [0.25, 0.3) is 5.56 Å². The van der Waals surface area contributed by atoms with Gasteiger partial charge in [-0.1, -0.05) is 12.1 Å². The first kappa shape index (κ1) is 41.9. The molecule has 3 aliphatic rings. The van der Waals surface area contributed by atoms with Crippen molar-refractivity contribution in [1.82, 2.24) is 29.1 Å². The molecule has 2 aromatic carbocycles. The van der Waals surface area contributed by atoms with Gasteiger partial charge in [0.2, 0.25) is 0 Å². The number of nitrogen functional groups attached to an aromatic ring is 1. The number of nitrogens with one attached hydrogen (secondary N) is 1. The predicted octanol–water partition coefficient (Wildman–Crippen LogP) is 2.99. The summed E-state index contributed by atoms with van der Waals surface area (Å²) in [6, 6.07) is 12.7. The van der Waals surface area contributed by atoms with Crippen LogP contribution in [-0.2, 0) is 47.2 Å². The third-order valence-corrected chi connectivity index (χ3v) is 14.2. The van der Waals surface area contributed by atoms with E-state index in [2.05, 4.69) is 19.9 Å². The molecular weight excluding hydrogens is 859 g/mol. The van der Waals surface area contributed by atoms with Crippen molar-refractivity contribution < 1.29 is 65.4 Å². The van der Waals surface area contributed by atoms with Gasteiger partial charge in [-0.3, -0.25) is 37.0 Å². The van der Waals surface area contributed by atoms with E-state index in [4.69, 9.17) is 42.8 Å². The topological polar surface area (TPSA) is 290 Å². The number of carbonyl (C=O) groups excluding carboxylic acids is 1. The van der Waals surface area contributed by atoms with E-state index in [-0.39, 0.29) is 39.8 Å². The van der Waals surface area contributed by atoms with Crippen LogP contribution < -0.4 is 21.7 Å². The number of imidazole rings is 1. The minimum Gasteiger partial charge on any atom is -0.508 e. The molecule has 4 bridgehead atoms. The van der Waals surface area contributed by atoms with Crippen LogP contribution in [0.4, 0.5) is 10.2 Å². The monoisotopic (exact) mass is 893 g/mol. The van der Waals surface area contributed by atoms with Gasteiger partial charge in [-0.15, -0.1) is 0 Å². The molecule has 0 spiro atoms. The highest BCUT2D eigenvalue weighted by Crippen LogP contribution is 2.65. The van der Waals surface area contributed by atoms with Crippen LogP contribution in [0.3, 0.4) is 0 Å². The van der Waals surface area contributed by atoms with Crippen LogP contribution >= 0.6 is 26.0 Å². The van der Waals surface area contributed by atoms with Crippen molar-refractivity contribution in [2.75, 3.05) is 26.1 Å². The lowest BCUT2D eigenvalue weighted by molar-refractivity contribution is -0.0669. The number of nitrogens with two attached hydrogens (primary N) is 1. The number of rotatable bonds is 8. The molecule has 318 valence electrons. The quantitative estimate of drug-likeness (QED) is 0.0989. The van der Waals surface area contributed by atoms with Crippen LogP contribution in [0.5, 0.6) is 11.5 Å². The number of anilines is 1. The fourth-order valence-electron chi connectivity index (χ4n) is 6.65. The van der Waals surface area contributed by atoms with E-state index in [1.54, 1.807) is 12.1 Å². The summed E-state index contributed by atoms with van der Waals surface area (Å²) in [6.07, 6.45) is -9.40. The Bertz CT molecular complexity index is 2600. The van der Waals surface area contributed by atoms with E-state index in [9.17, 15) is 33.5 Å². The van der Waals surface area contributed by atoms with Gasteiger partial charge in [0.15, 0.2) is 30.1 Å². The Hall–Kier alpha value is -4.84. The lowest BCUT2D eigenvalue weighted by Gasteiger charge is -2.29. The van der Waals surface area contributed by atoms with Gasteiger partial charge in [-0.25, -0.2) is 38.1 Å². The molecule has 3 saturated heterocycles. The minimum atomic E-state index is -5.17. The van der Waals surface area contributed by atoms with Gasteiger partial charge < -0.3 is 34.7 Å². The van der Waals surface area contributed by atoms with Crippen molar-refractivity contribution in [2.45, 2.75) is 54.9 Å². The number of aromatic hydroxyl groups is 1. The van der Waals surface area contributed by atoms with E-state index in [1.165, 1.54) is 54.4 Å². The maximum Gasteiger partial charge on any atom is 0.472 e. The first-order chi connectivity index (χ1) is 28.7. The molecule has 3 aromatic heterocycles. The number of methoxy groups -OCH3 is 1. The van der Waals surface area contributed by atoms with Crippen LogP contribution in [-0.4, -0.2) is 102 Å². The zero-order chi connectivity index (χ0) is 42.3. The van der Waals surface area contributed by atoms with Crippen molar-refractivity contribution in [3.05, 3.63) is 105 Å². The van der Waals surface area contributed by atoms with E-state index in [1.807, 2.05) is 0 Å². The summed E-state index contributed by atoms with van der Waals surface area (Å²) in [7, 11) is -3.94. The second-order valence-electron chi connectivity index (χ2n) is 13.4. The van der Waals surface area contributed by atoms with E-state index in [0.29, 0.717) is 16.9 Å². The van der Waals surface area contributed by atoms with E-state index in [0.717, 1.165) is 23.2 Å². The lowest BCUT2D eigenvalue weighted by atomic mass is 10.1. The smallest absolute Gasteiger partial charge is 0.472 e. The van der Waals surface area contributed by atoms with Crippen molar-refractivity contribution in [2.24, 2.45) is 0 Å². The molecule has 3 aliphatic heterocycles. The van der Waals surface area contributed by atoms with Crippen molar-refractivity contribution in [3.8, 4) is 11.5 Å². The third-order valence-electron chi connectivity index (χ3n) is 9.54. The Labute approximate surface area is 340 Å². The number of hydrogen-bond donors (Lipinski definition) is 4. The number of aromatic nitrogens is 6. The molecule has 10 atom stereocenters. The number of fused-ring (bicyclic) bond motifs is 5. The summed E-state index contributed by atoms with van der Waals surface area (Å²) < 4.78 is 93.0. The van der Waals surface area contributed by atoms with Gasteiger partial charge in [0.1, 0.15) is 53.9 Å². The number of phosphoric ester groups is 1. The molecule has 0 amide bonds. The molecule has 1 unspecified atom stereocenters. The van der Waals surface area contributed by atoms with Crippen LogP contribution in [0.15, 0.2) is 83.0 Å². The maximum absolute atomic E-state index is 16.5. The van der Waals surface area contributed by atoms with E-state index >= 15 is 4.39 Å². The summed E-state index contributed by atoms with van der Waals surface area (Å²) >= 11 is 0.666. The average Bonchev–Trinajstić information content (AvgIpc) is 3.89. The number of hydrogen-bond acceptors (Lipinski definition) is 19. The lowest BCUT2D eigenvalue weighted by Crippen LogP contribution is -2.40. The van der Waals surface area contributed by atoms with Crippen LogP contribution in [0, 0.1) is 0 Å². The Morgan fingerprint density at radius 1 is 0.967 bits per heavy atom. The molecule has 5 aromatic rings. The van der Waals surface area contributed by atoms with Gasteiger partial charge in [-0.2, -0.15) is 0 Å². The Kier molecular flexibility index (Phi) is 11.8. The molecule has 0 radical (unpaired) electrons. The highest BCUT2D eigenvalue weighted by Gasteiger charge is 2.55.